The first-order chi connectivity index (χ1) is 20.7. The standard InChI is InChI=1S/C36H44N4O2/c41-35(29-15-13-28(14-16-29)27-9-3-1-4-10-27)40-26-32-17-18-34(39(32)25-30-11-5-6-12-33(30)40)36(42)38-23-19-31(20-24-38)37-21-7-2-8-22-37/h5-6,11-18,27,31H,1-4,7-10,19-26H2. The van der Waals surface area contributed by atoms with Crippen molar-refractivity contribution < 1.29 is 9.59 Å². The van der Waals surface area contributed by atoms with E-state index in [-0.39, 0.29) is 11.8 Å². The molecule has 3 fully saturated rings. The number of nitrogens with zero attached hydrogens (tertiary/aromatic N) is 4. The summed E-state index contributed by atoms with van der Waals surface area (Å²) in [6.07, 6.45) is 12.5. The molecule has 1 aromatic heterocycles. The van der Waals surface area contributed by atoms with Gasteiger partial charge in [0.15, 0.2) is 0 Å². The molecule has 4 aliphatic rings. The second kappa shape index (κ2) is 12.1. The van der Waals surface area contributed by atoms with Crippen molar-refractivity contribution in [2.75, 3.05) is 31.1 Å². The van der Waals surface area contributed by atoms with E-state index >= 15 is 0 Å². The summed E-state index contributed by atoms with van der Waals surface area (Å²) < 4.78 is 2.15. The monoisotopic (exact) mass is 564 g/mol. The lowest BCUT2D eigenvalue weighted by molar-refractivity contribution is 0.0580. The number of hydrogen-bond donors (Lipinski definition) is 0. The van der Waals surface area contributed by atoms with Crippen molar-refractivity contribution in [3.05, 3.63) is 88.7 Å². The number of carbonyl (C=O) groups excluding carboxylic acids is 2. The van der Waals surface area contributed by atoms with Gasteiger partial charge < -0.3 is 19.3 Å². The fourth-order valence-electron chi connectivity index (χ4n) is 7.90. The van der Waals surface area contributed by atoms with Gasteiger partial charge in [-0.25, -0.2) is 0 Å². The molecule has 0 N–H and O–H groups in total. The van der Waals surface area contributed by atoms with E-state index in [2.05, 4.69) is 32.6 Å². The van der Waals surface area contributed by atoms with Crippen molar-refractivity contribution in [3.63, 3.8) is 0 Å². The Kier molecular flexibility index (Phi) is 7.90. The van der Waals surface area contributed by atoms with Gasteiger partial charge in [0.1, 0.15) is 5.69 Å². The van der Waals surface area contributed by atoms with Crippen LogP contribution in [0.3, 0.4) is 0 Å². The number of para-hydroxylation sites is 1. The SMILES string of the molecule is O=C(c1ccc2n1Cc1ccccc1N(C(=O)c1ccc(C3CCCCC3)cc1)C2)N1CCC(N2CCCCC2)CC1. The smallest absolute Gasteiger partial charge is 0.270 e. The third kappa shape index (κ3) is 5.42. The zero-order chi connectivity index (χ0) is 28.5. The van der Waals surface area contributed by atoms with E-state index in [0.717, 1.165) is 54.1 Å². The van der Waals surface area contributed by atoms with Crippen LogP contribution in [-0.2, 0) is 13.1 Å². The molecule has 0 atom stereocenters. The second-order valence-electron chi connectivity index (χ2n) is 12.9. The molecule has 6 nitrogen and oxygen atoms in total. The number of likely N-dealkylation sites (tertiary alicyclic amines) is 2. The van der Waals surface area contributed by atoms with Crippen LogP contribution >= 0.6 is 0 Å². The molecule has 0 spiro atoms. The van der Waals surface area contributed by atoms with Crippen LogP contribution in [0.2, 0.25) is 0 Å². The number of amides is 2. The van der Waals surface area contributed by atoms with Crippen molar-refractivity contribution in [3.8, 4) is 0 Å². The van der Waals surface area contributed by atoms with Gasteiger partial charge >= 0.3 is 0 Å². The lowest BCUT2D eigenvalue weighted by Gasteiger charge is -2.40. The molecule has 42 heavy (non-hydrogen) atoms. The number of carbonyl (C=O) groups is 2. The van der Waals surface area contributed by atoms with E-state index < -0.39 is 0 Å². The number of anilines is 1. The van der Waals surface area contributed by atoms with Gasteiger partial charge in [0.05, 0.1) is 13.1 Å². The molecular formula is C36H44N4O2. The van der Waals surface area contributed by atoms with Gasteiger partial charge in [0, 0.05) is 36.1 Å². The lowest BCUT2D eigenvalue weighted by Crippen LogP contribution is -2.48. The normalized spacial score (nSPS) is 20.6. The molecule has 0 unspecified atom stereocenters. The summed E-state index contributed by atoms with van der Waals surface area (Å²) in [5.74, 6) is 0.755. The summed E-state index contributed by atoms with van der Waals surface area (Å²) in [6, 6.07) is 21.2. The highest BCUT2D eigenvalue weighted by Gasteiger charge is 2.32. The van der Waals surface area contributed by atoms with E-state index in [9.17, 15) is 9.59 Å². The predicted octanol–water partition coefficient (Wildman–Crippen LogP) is 6.84. The molecule has 2 saturated heterocycles. The number of rotatable bonds is 4. The number of aromatic nitrogens is 1. The van der Waals surface area contributed by atoms with E-state index in [0.29, 0.717) is 25.0 Å². The second-order valence-corrected chi connectivity index (χ2v) is 12.9. The van der Waals surface area contributed by atoms with Crippen molar-refractivity contribution >= 4 is 17.5 Å². The third-order valence-electron chi connectivity index (χ3n) is 10.4. The van der Waals surface area contributed by atoms with Crippen LogP contribution < -0.4 is 4.90 Å². The molecule has 6 heteroatoms. The summed E-state index contributed by atoms with van der Waals surface area (Å²) in [6.45, 7) is 5.10. The summed E-state index contributed by atoms with van der Waals surface area (Å²) in [4.78, 5) is 34.5. The highest BCUT2D eigenvalue weighted by atomic mass is 16.2. The lowest BCUT2D eigenvalue weighted by atomic mass is 9.84. The predicted molar refractivity (Wildman–Crippen MR) is 167 cm³/mol. The number of benzene rings is 2. The highest BCUT2D eigenvalue weighted by molar-refractivity contribution is 6.06. The van der Waals surface area contributed by atoms with Crippen molar-refractivity contribution in [2.24, 2.45) is 0 Å². The summed E-state index contributed by atoms with van der Waals surface area (Å²) in [5.41, 5.74) is 5.82. The fraction of sp³-hybridized carbons (Fsp3) is 0.500. The number of piperidine rings is 2. The van der Waals surface area contributed by atoms with E-state index in [1.165, 1.54) is 70.0 Å². The van der Waals surface area contributed by atoms with Crippen molar-refractivity contribution in [1.29, 1.82) is 0 Å². The fourth-order valence-corrected chi connectivity index (χ4v) is 7.90. The van der Waals surface area contributed by atoms with E-state index in [1.807, 2.05) is 47.4 Å². The van der Waals surface area contributed by atoms with Gasteiger partial charge in [-0.15, -0.1) is 0 Å². The van der Waals surface area contributed by atoms with Gasteiger partial charge in [-0.2, -0.15) is 0 Å². The molecule has 1 aliphatic carbocycles. The summed E-state index contributed by atoms with van der Waals surface area (Å²) in [7, 11) is 0. The van der Waals surface area contributed by atoms with Crippen LogP contribution in [0, 0.1) is 0 Å². The molecular weight excluding hydrogens is 520 g/mol. The molecule has 2 amide bonds. The maximum Gasteiger partial charge on any atom is 0.270 e. The van der Waals surface area contributed by atoms with Gasteiger partial charge in [-0.05, 0) is 99.0 Å². The van der Waals surface area contributed by atoms with E-state index in [4.69, 9.17) is 0 Å². The quantitative estimate of drug-likeness (QED) is 0.349. The van der Waals surface area contributed by atoms with Gasteiger partial charge in [0.2, 0.25) is 0 Å². The average molecular weight is 565 g/mol. The van der Waals surface area contributed by atoms with Crippen LogP contribution in [-0.4, -0.2) is 58.4 Å². The summed E-state index contributed by atoms with van der Waals surface area (Å²) >= 11 is 0. The minimum atomic E-state index is 0.0138. The molecule has 2 aromatic carbocycles. The molecule has 220 valence electrons. The highest BCUT2D eigenvalue weighted by Crippen LogP contribution is 2.34. The Hall–Kier alpha value is -3.38. The maximum atomic E-state index is 14.0. The molecule has 1 saturated carbocycles. The zero-order valence-corrected chi connectivity index (χ0v) is 24.8. The number of fused-ring (bicyclic) bond motifs is 2. The Morgan fingerprint density at radius 2 is 1.36 bits per heavy atom. The van der Waals surface area contributed by atoms with Crippen LogP contribution in [0.25, 0.3) is 0 Å². The first-order valence-corrected chi connectivity index (χ1v) is 16.4. The minimum Gasteiger partial charge on any atom is -0.337 e. The van der Waals surface area contributed by atoms with Crippen LogP contribution in [0.5, 0.6) is 0 Å². The Balaban J connectivity index is 1.10. The largest absolute Gasteiger partial charge is 0.337 e. The topological polar surface area (TPSA) is 48.8 Å². The minimum absolute atomic E-state index is 0.0138. The van der Waals surface area contributed by atoms with Crippen molar-refractivity contribution in [2.45, 2.75) is 89.3 Å². The van der Waals surface area contributed by atoms with Crippen LogP contribution in [0.4, 0.5) is 5.69 Å². The third-order valence-corrected chi connectivity index (χ3v) is 10.4. The Morgan fingerprint density at radius 3 is 2.12 bits per heavy atom. The number of hydrogen-bond acceptors (Lipinski definition) is 3. The van der Waals surface area contributed by atoms with Crippen LogP contribution in [0.1, 0.15) is 108 Å². The zero-order valence-electron chi connectivity index (χ0n) is 24.8. The molecule has 0 bridgehead atoms. The summed E-state index contributed by atoms with van der Waals surface area (Å²) in [5, 5.41) is 0. The first kappa shape index (κ1) is 27.5. The van der Waals surface area contributed by atoms with Gasteiger partial charge in [-0.3, -0.25) is 9.59 Å². The molecule has 3 aromatic rings. The Morgan fingerprint density at radius 1 is 0.643 bits per heavy atom. The van der Waals surface area contributed by atoms with Gasteiger partial charge in [0.25, 0.3) is 11.8 Å². The van der Waals surface area contributed by atoms with Crippen molar-refractivity contribution in [1.82, 2.24) is 14.4 Å². The molecule has 7 rings (SSSR count). The van der Waals surface area contributed by atoms with Gasteiger partial charge in [-0.1, -0.05) is 56.0 Å². The average Bonchev–Trinajstić information content (AvgIpc) is 3.38. The van der Waals surface area contributed by atoms with E-state index in [1.54, 1.807) is 0 Å². The molecule has 4 heterocycles. The molecule has 0 radical (unpaired) electrons. The Bertz CT molecular complexity index is 1410. The maximum absolute atomic E-state index is 14.0. The van der Waals surface area contributed by atoms with Crippen LogP contribution in [0.15, 0.2) is 60.7 Å². The first-order valence-electron chi connectivity index (χ1n) is 16.4. The molecule has 3 aliphatic heterocycles. The Labute approximate surface area is 250 Å².